The zero-order valence-electron chi connectivity index (χ0n) is 10.0. The molecule has 0 spiro atoms. The summed E-state index contributed by atoms with van der Waals surface area (Å²) in [5, 5.41) is 0. The summed E-state index contributed by atoms with van der Waals surface area (Å²) in [6, 6.07) is 9.26. The third-order valence-electron chi connectivity index (χ3n) is 2.81. The van der Waals surface area contributed by atoms with E-state index in [-0.39, 0.29) is 5.78 Å². The van der Waals surface area contributed by atoms with Crippen molar-refractivity contribution in [3.05, 3.63) is 54.3 Å². The Kier molecular flexibility index (Phi) is 3.83. The van der Waals surface area contributed by atoms with Crippen molar-refractivity contribution in [2.24, 2.45) is 0 Å². The van der Waals surface area contributed by atoms with Crippen LogP contribution in [0.5, 0.6) is 0 Å². The predicted molar refractivity (Wildman–Crippen MR) is 66.6 cm³/mol. The van der Waals surface area contributed by atoms with Crippen LogP contribution in [0.1, 0.15) is 17.3 Å². The van der Waals surface area contributed by atoms with Crippen LogP contribution in [-0.2, 0) is 0 Å². The molecule has 0 heterocycles. The van der Waals surface area contributed by atoms with E-state index in [1.807, 2.05) is 56.3 Å². The highest BCUT2D eigenvalue weighted by atomic mass is 16.1. The highest BCUT2D eigenvalue weighted by Crippen LogP contribution is 2.19. The van der Waals surface area contributed by atoms with Gasteiger partial charge >= 0.3 is 0 Å². The summed E-state index contributed by atoms with van der Waals surface area (Å²) < 4.78 is 0. The van der Waals surface area contributed by atoms with Crippen LogP contribution < -0.4 is 0 Å². The molecule has 1 aromatic rings. The first kappa shape index (κ1) is 12.4. The summed E-state index contributed by atoms with van der Waals surface area (Å²) >= 11 is 0. The quantitative estimate of drug-likeness (QED) is 0.568. The maximum Gasteiger partial charge on any atom is 0.187 e. The molecule has 0 N–H and O–H groups in total. The van der Waals surface area contributed by atoms with E-state index >= 15 is 0 Å². The second kappa shape index (κ2) is 4.93. The minimum Gasteiger partial charge on any atom is -0.293 e. The summed E-state index contributed by atoms with van der Waals surface area (Å²) in [6.45, 7) is 5.41. The summed E-state index contributed by atoms with van der Waals surface area (Å²) in [7, 11) is 3.74. The standard InChI is InChI=1S/C14H17NO/c1-5-11-14(2,15(3)4)13(16)12-9-7-6-8-10-12/h6-11H,1H2,2-4H3/t14-/m0/s1. The maximum absolute atomic E-state index is 12.4. The Morgan fingerprint density at radius 1 is 1.38 bits per heavy atom. The van der Waals surface area contributed by atoms with Gasteiger partial charge in [-0.05, 0) is 27.1 Å². The number of carbonyl (C=O) groups excluding carboxylic acids is 1. The number of hydrogen-bond acceptors (Lipinski definition) is 2. The summed E-state index contributed by atoms with van der Waals surface area (Å²) in [5.41, 5.74) is 2.71. The molecule has 0 aromatic heterocycles. The van der Waals surface area contributed by atoms with Crippen LogP contribution in [0.25, 0.3) is 0 Å². The van der Waals surface area contributed by atoms with Gasteiger partial charge < -0.3 is 0 Å². The monoisotopic (exact) mass is 215 g/mol. The van der Waals surface area contributed by atoms with Crippen LogP contribution in [0.15, 0.2) is 48.7 Å². The smallest absolute Gasteiger partial charge is 0.187 e. The van der Waals surface area contributed by atoms with Crippen molar-refractivity contribution in [3.8, 4) is 0 Å². The average molecular weight is 215 g/mol. The van der Waals surface area contributed by atoms with Crippen LogP contribution in [0, 0.1) is 0 Å². The van der Waals surface area contributed by atoms with E-state index in [4.69, 9.17) is 0 Å². The topological polar surface area (TPSA) is 20.3 Å². The van der Waals surface area contributed by atoms with Gasteiger partial charge in [0.1, 0.15) is 5.54 Å². The first-order valence-corrected chi connectivity index (χ1v) is 5.16. The predicted octanol–water partition coefficient (Wildman–Crippen LogP) is 2.53. The van der Waals surface area contributed by atoms with E-state index < -0.39 is 5.54 Å². The van der Waals surface area contributed by atoms with Crippen molar-refractivity contribution < 1.29 is 4.79 Å². The highest BCUT2D eigenvalue weighted by Gasteiger charge is 2.33. The van der Waals surface area contributed by atoms with Gasteiger partial charge in [0.15, 0.2) is 5.78 Å². The van der Waals surface area contributed by atoms with E-state index in [1.165, 1.54) is 0 Å². The van der Waals surface area contributed by atoms with Crippen LogP contribution in [0.2, 0.25) is 0 Å². The van der Waals surface area contributed by atoms with Gasteiger partial charge in [0.05, 0.1) is 0 Å². The molecular formula is C14H17NO. The SMILES string of the molecule is C=C=C[C@@](C)(C(=O)c1ccccc1)N(C)C. The molecular weight excluding hydrogens is 198 g/mol. The number of carbonyl (C=O) groups is 1. The van der Waals surface area contributed by atoms with Crippen molar-refractivity contribution in [2.75, 3.05) is 14.1 Å². The van der Waals surface area contributed by atoms with E-state index in [2.05, 4.69) is 12.3 Å². The van der Waals surface area contributed by atoms with Crippen LogP contribution in [-0.4, -0.2) is 30.3 Å². The van der Waals surface area contributed by atoms with Crippen molar-refractivity contribution in [1.29, 1.82) is 0 Å². The first-order valence-electron chi connectivity index (χ1n) is 5.16. The zero-order valence-corrected chi connectivity index (χ0v) is 10.0. The highest BCUT2D eigenvalue weighted by molar-refractivity contribution is 6.04. The van der Waals surface area contributed by atoms with Crippen molar-refractivity contribution in [3.63, 3.8) is 0 Å². The number of hydrogen-bond donors (Lipinski definition) is 0. The number of Topliss-reactive ketones (excluding diaryl/α,β-unsaturated/α-hetero) is 1. The fourth-order valence-electron chi connectivity index (χ4n) is 1.48. The molecule has 0 aliphatic rings. The van der Waals surface area contributed by atoms with Crippen molar-refractivity contribution in [2.45, 2.75) is 12.5 Å². The van der Waals surface area contributed by atoms with Gasteiger partial charge in [0.2, 0.25) is 0 Å². The molecule has 0 saturated heterocycles. The molecule has 0 radical (unpaired) electrons. The first-order chi connectivity index (χ1) is 7.52. The van der Waals surface area contributed by atoms with E-state index in [1.54, 1.807) is 6.08 Å². The van der Waals surface area contributed by atoms with E-state index in [0.717, 1.165) is 0 Å². The zero-order chi connectivity index (χ0) is 12.2. The van der Waals surface area contributed by atoms with Gasteiger partial charge in [-0.2, -0.15) is 0 Å². The van der Waals surface area contributed by atoms with Gasteiger partial charge in [0.25, 0.3) is 0 Å². The number of benzene rings is 1. The minimum atomic E-state index is -0.691. The molecule has 0 fully saturated rings. The summed E-state index contributed by atoms with van der Waals surface area (Å²) in [4.78, 5) is 14.2. The Hall–Kier alpha value is -1.63. The number of rotatable bonds is 4. The average Bonchev–Trinajstić information content (AvgIpc) is 2.29. The second-order valence-electron chi connectivity index (χ2n) is 4.09. The molecule has 0 aliphatic heterocycles. The number of nitrogens with zero attached hydrogens (tertiary/aromatic N) is 1. The lowest BCUT2D eigenvalue weighted by atomic mass is 9.90. The van der Waals surface area contributed by atoms with Gasteiger partial charge in [-0.1, -0.05) is 36.9 Å². The summed E-state index contributed by atoms with van der Waals surface area (Å²) in [6.07, 6.45) is 1.70. The fraction of sp³-hybridized carbons (Fsp3) is 0.286. The van der Waals surface area contributed by atoms with Crippen molar-refractivity contribution in [1.82, 2.24) is 4.90 Å². The minimum absolute atomic E-state index is 0.0502. The maximum atomic E-state index is 12.4. The lowest BCUT2D eigenvalue weighted by molar-refractivity contribution is 0.0803. The summed E-state index contributed by atoms with van der Waals surface area (Å²) in [5.74, 6) is 0.0502. The third kappa shape index (κ3) is 2.30. The normalized spacial score (nSPS) is 14.0. The Labute approximate surface area is 96.9 Å². The molecule has 0 amide bonds. The van der Waals surface area contributed by atoms with Crippen molar-refractivity contribution >= 4 is 5.78 Å². The van der Waals surface area contributed by atoms with Gasteiger partial charge in [-0.3, -0.25) is 9.69 Å². The molecule has 0 aliphatic carbocycles. The molecule has 0 unspecified atom stereocenters. The molecule has 2 nitrogen and oxygen atoms in total. The van der Waals surface area contributed by atoms with Gasteiger partial charge in [-0.25, -0.2) is 0 Å². The largest absolute Gasteiger partial charge is 0.293 e. The number of ketones is 1. The van der Waals surface area contributed by atoms with Gasteiger partial charge in [0, 0.05) is 5.56 Å². The van der Waals surface area contributed by atoms with Crippen LogP contribution in [0.3, 0.4) is 0 Å². The number of likely N-dealkylation sites (N-methyl/N-ethyl adjacent to an activating group) is 1. The molecule has 84 valence electrons. The molecule has 1 atom stereocenters. The molecule has 2 heteroatoms. The van der Waals surface area contributed by atoms with Crippen LogP contribution in [0.4, 0.5) is 0 Å². The Balaban J connectivity index is 3.16. The molecule has 1 aromatic carbocycles. The molecule has 0 saturated carbocycles. The Morgan fingerprint density at radius 2 is 1.94 bits per heavy atom. The molecule has 16 heavy (non-hydrogen) atoms. The van der Waals surface area contributed by atoms with E-state index in [0.29, 0.717) is 5.56 Å². The fourth-order valence-corrected chi connectivity index (χ4v) is 1.48. The molecule has 0 bridgehead atoms. The second-order valence-corrected chi connectivity index (χ2v) is 4.09. The van der Waals surface area contributed by atoms with Gasteiger partial charge in [-0.15, -0.1) is 5.73 Å². The van der Waals surface area contributed by atoms with Crippen LogP contribution >= 0.6 is 0 Å². The lowest BCUT2D eigenvalue weighted by Gasteiger charge is -2.31. The third-order valence-corrected chi connectivity index (χ3v) is 2.81. The van der Waals surface area contributed by atoms with E-state index in [9.17, 15) is 4.79 Å². The Morgan fingerprint density at radius 3 is 2.38 bits per heavy atom. The Bertz CT molecular complexity index is 416. The lowest BCUT2D eigenvalue weighted by Crippen LogP contribution is -2.46. The molecule has 1 rings (SSSR count).